The Morgan fingerprint density at radius 1 is 1.30 bits per heavy atom. The summed E-state index contributed by atoms with van der Waals surface area (Å²) in [6, 6.07) is 2.37. The Labute approximate surface area is 120 Å². The molecule has 0 fully saturated rings. The molecule has 0 aliphatic rings. The molecule has 0 aliphatic heterocycles. The smallest absolute Gasteiger partial charge is 0.241 e. The maximum atomic E-state index is 13.2. The molecule has 1 unspecified atom stereocenters. The normalized spacial score (nSPS) is 15.1. The zero-order chi connectivity index (χ0) is 15.6. The van der Waals surface area contributed by atoms with E-state index in [1.54, 1.807) is 20.8 Å². The molecule has 4 nitrogen and oxygen atoms in total. The van der Waals surface area contributed by atoms with Gasteiger partial charge in [-0.2, -0.15) is 0 Å². The summed E-state index contributed by atoms with van der Waals surface area (Å²) in [6.45, 7) is 6.53. The first-order chi connectivity index (χ1) is 9.09. The fourth-order valence-corrected chi connectivity index (χ4v) is 3.88. The first-order valence-corrected chi connectivity index (χ1v) is 8.06. The highest BCUT2D eigenvalue weighted by atomic mass is 32.2. The van der Waals surface area contributed by atoms with E-state index in [0.29, 0.717) is 17.5 Å². The number of aliphatic hydroxyl groups is 1. The molecule has 6 heteroatoms. The van der Waals surface area contributed by atoms with Gasteiger partial charge in [0, 0.05) is 6.54 Å². The standard InChI is InChI=1S/C14H22FNO3S/c1-5-6-14(4,17)9-16-20(18,19)13-10(2)7-12(15)8-11(13)3/h7-8,16-17H,5-6,9H2,1-4H3. The zero-order valence-corrected chi connectivity index (χ0v) is 13.1. The van der Waals surface area contributed by atoms with Crippen LogP contribution in [-0.2, 0) is 10.0 Å². The van der Waals surface area contributed by atoms with Gasteiger partial charge in [0.05, 0.1) is 10.5 Å². The minimum Gasteiger partial charge on any atom is -0.389 e. The van der Waals surface area contributed by atoms with E-state index >= 15 is 0 Å². The highest BCUT2D eigenvalue weighted by molar-refractivity contribution is 7.89. The largest absolute Gasteiger partial charge is 0.389 e. The Morgan fingerprint density at radius 2 is 1.80 bits per heavy atom. The van der Waals surface area contributed by atoms with Crippen molar-refractivity contribution in [2.24, 2.45) is 0 Å². The third kappa shape index (κ3) is 4.26. The lowest BCUT2D eigenvalue weighted by molar-refractivity contribution is 0.0554. The number of benzene rings is 1. The minimum atomic E-state index is -3.77. The van der Waals surface area contributed by atoms with Crippen molar-refractivity contribution >= 4 is 10.0 Å². The van der Waals surface area contributed by atoms with Gasteiger partial charge in [0.25, 0.3) is 0 Å². The van der Waals surface area contributed by atoms with Gasteiger partial charge in [0.2, 0.25) is 10.0 Å². The molecular weight excluding hydrogens is 281 g/mol. The predicted molar refractivity (Wildman–Crippen MR) is 76.6 cm³/mol. The van der Waals surface area contributed by atoms with E-state index < -0.39 is 21.4 Å². The number of halogens is 1. The number of hydrogen-bond acceptors (Lipinski definition) is 3. The summed E-state index contributed by atoms with van der Waals surface area (Å²) in [4.78, 5) is 0.0752. The van der Waals surface area contributed by atoms with Crippen molar-refractivity contribution in [1.82, 2.24) is 4.72 Å². The summed E-state index contributed by atoms with van der Waals surface area (Å²) in [5.41, 5.74) is -0.390. The molecule has 0 spiro atoms. The van der Waals surface area contributed by atoms with Crippen molar-refractivity contribution in [2.45, 2.75) is 51.0 Å². The van der Waals surface area contributed by atoms with Crippen molar-refractivity contribution < 1.29 is 17.9 Å². The third-order valence-corrected chi connectivity index (χ3v) is 4.83. The van der Waals surface area contributed by atoms with Gasteiger partial charge >= 0.3 is 0 Å². The second-order valence-corrected chi connectivity index (χ2v) is 7.14. The molecular formula is C14H22FNO3S. The highest BCUT2D eigenvalue weighted by Gasteiger charge is 2.25. The molecule has 1 aromatic rings. The van der Waals surface area contributed by atoms with Gasteiger partial charge in [0.1, 0.15) is 5.82 Å². The lowest BCUT2D eigenvalue weighted by atomic mass is 10.0. The van der Waals surface area contributed by atoms with E-state index in [-0.39, 0.29) is 11.4 Å². The lowest BCUT2D eigenvalue weighted by Gasteiger charge is -2.23. The number of hydrogen-bond donors (Lipinski definition) is 2. The SMILES string of the molecule is CCCC(C)(O)CNS(=O)(=O)c1c(C)cc(F)cc1C. The highest BCUT2D eigenvalue weighted by Crippen LogP contribution is 2.22. The van der Waals surface area contributed by atoms with Gasteiger partial charge < -0.3 is 5.11 Å². The molecule has 1 aromatic carbocycles. The second kappa shape index (κ2) is 6.20. The van der Waals surface area contributed by atoms with Crippen LogP contribution in [0.2, 0.25) is 0 Å². The molecule has 1 atom stereocenters. The molecule has 0 heterocycles. The fraction of sp³-hybridized carbons (Fsp3) is 0.571. The van der Waals surface area contributed by atoms with Crippen molar-refractivity contribution in [1.29, 1.82) is 0 Å². The van der Waals surface area contributed by atoms with Crippen LogP contribution in [0.3, 0.4) is 0 Å². The van der Waals surface area contributed by atoms with E-state index in [1.807, 2.05) is 6.92 Å². The van der Waals surface area contributed by atoms with Crippen LogP contribution in [0.4, 0.5) is 4.39 Å². The van der Waals surface area contributed by atoms with Crippen LogP contribution in [0, 0.1) is 19.7 Å². The fourth-order valence-electron chi connectivity index (χ4n) is 2.27. The van der Waals surface area contributed by atoms with E-state index in [0.717, 1.165) is 6.42 Å². The van der Waals surface area contributed by atoms with E-state index in [1.165, 1.54) is 12.1 Å². The first-order valence-electron chi connectivity index (χ1n) is 6.58. The zero-order valence-electron chi connectivity index (χ0n) is 12.3. The summed E-state index contributed by atoms with van der Waals surface area (Å²) >= 11 is 0. The van der Waals surface area contributed by atoms with Crippen molar-refractivity contribution in [3.63, 3.8) is 0 Å². The van der Waals surface area contributed by atoms with Crippen LogP contribution in [0.25, 0.3) is 0 Å². The molecule has 114 valence electrons. The second-order valence-electron chi connectivity index (χ2n) is 5.44. The molecule has 0 amide bonds. The summed E-state index contributed by atoms with van der Waals surface area (Å²) in [5, 5.41) is 10.0. The summed E-state index contributed by atoms with van der Waals surface area (Å²) in [5.74, 6) is -0.461. The van der Waals surface area contributed by atoms with Crippen LogP contribution < -0.4 is 4.72 Å². The minimum absolute atomic E-state index is 0.0700. The monoisotopic (exact) mass is 303 g/mol. The molecule has 0 aromatic heterocycles. The number of nitrogens with one attached hydrogen (secondary N) is 1. The molecule has 0 aliphatic carbocycles. The summed E-state index contributed by atoms with van der Waals surface area (Å²) in [7, 11) is -3.77. The van der Waals surface area contributed by atoms with Crippen LogP contribution in [0.5, 0.6) is 0 Å². The Hall–Kier alpha value is -0.980. The number of sulfonamides is 1. The van der Waals surface area contributed by atoms with E-state index in [9.17, 15) is 17.9 Å². The van der Waals surface area contributed by atoms with Crippen LogP contribution in [-0.4, -0.2) is 25.7 Å². The molecule has 0 radical (unpaired) electrons. The molecule has 0 saturated carbocycles. The predicted octanol–water partition coefficient (Wildman–Crippen LogP) is 2.27. The maximum absolute atomic E-state index is 13.2. The Morgan fingerprint density at radius 3 is 2.25 bits per heavy atom. The number of aryl methyl sites for hydroxylation is 2. The van der Waals surface area contributed by atoms with Crippen molar-refractivity contribution in [3.05, 3.63) is 29.1 Å². The topological polar surface area (TPSA) is 66.4 Å². The third-order valence-electron chi connectivity index (χ3n) is 3.13. The average molecular weight is 303 g/mol. The molecule has 1 rings (SSSR count). The maximum Gasteiger partial charge on any atom is 0.241 e. The van der Waals surface area contributed by atoms with Crippen LogP contribution >= 0.6 is 0 Å². The van der Waals surface area contributed by atoms with Crippen LogP contribution in [0.15, 0.2) is 17.0 Å². The van der Waals surface area contributed by atoms with Gasteiger partial charge in [0.15, 0.2) is 0 Å². The Balaban J connectivity index is 3.01. The van der Waals surface area contributed by atoms with Crippen molar-refractivity contribution in [2.75, 3.05) is 6.54 Å². The lowest BCUT2D eigenvalue weighted by Crippen LogP contribution is -2.40. The Kier molecular flexibility index (Phi) is 5.29. The average Bonchev–Trinajstić information content (AvgIpc) is 2.24. The van der Waals surface area contributed by atoms with Gasteiger partial charge in [-0.05, 0) is 50.5 Å². The van der Waals surface area contributed by atoms with Gasteiger partial charge in [-0.3, -0.25) is 0 Å². The van der Waals surface area contributed by atoms with Crippen LogP contribution in [0.1, 0.15) is 37.8 Å². The molecule has 0 bridgehead atoms. The number of rotatable bonds is 6. The van der Waals surface area contributed by atoms with Gasteiger partial charge in [-0.15, -0.1) is 0 Å². The first kappa shape index (κ1) is 17.1. The summed E-state index contributed by atoms with van der Waals surface area (Å²) < 4.78 is 40.2. The molecule has 0 saturated heterocycles. The van der Waals surface area contributed by atoms with Gasteiger partial charge in [-0.25, -0.2) is 17.5 Å². The summed E-state index contributed by atoms with van der Waals surface area (Å²) in [6.07, 6.45) is 1.25. The van der Waals surface area contributed by atoms with Crippen molar-refractivity contribution in [3.8, 4) is 0 Å². The Bertz CT molecular complexity index is 559. The van der Waals surface area contributed by atoms with E-state index in [4.69, 9.17) is 0 Å². The molecule has 2 N–H and O–H groups in total. The quantitative estimate of drug-likeness (QED) is 0.847. The van der Waals surface area contributed by atoms with E-state index in [2.05, 4.69) is 4.72 Å². The van der Waals surface area contributed by atoms with Gasteiger partial charge in [-0.1, -0.05) is 13.3 Å². The molecule has 20 heavy (non-hydrogen) atoms.